The number of aliphatic hydroxyl groups excluding tert-OH is 1. The molecule has 1 aromatic rings. The molecule has 0 heterocycles. The van der Waals surface area contributed by atoms with Gasteiger partial charge in [0, 0.05) is 4.47 Å². The maximum atomic E-state index is 8.80. The van der Waals surface area contributed by atoms with Gasteiger partial charge in [0.2, 0.25) is 0 Å². The van der Waals surface area contributed by atoms with E-state index in [9.17, 15) is 0 Å². The second kappa shape index (κ2) is 5.20. The van der Waals surface area contributed by atoms with Crippen LogP contribution in [0.2, 0.25) is 0 Å². The van der Waals surface area contributed by atoms with E-state index in [-0.39, 0.29) is 6.61 Å². The fourth-order valence-electron chi connectivity index (χ4n) is 1.24. The van der Waals surface area contributed by atoms with Crippen molar-refractivity contribution >= 4 is 21.5 Å². The first-order chi connectivity index (χ1) is 6.27. The maximum Gasteiger partial charge on any atom is 0.0618 e. The number of hydrogen-bond donors (Lipinski definition) is 1. The highest BCUT2D eigenvalue weighted by Gasteiger charge is 1.97. The molecule has 1 rings (SSSR count). The van der Waals surface area contributed by atoms with Crippen LogP contribution in [0.4, 0.5) is 0 Å². The van der Waals surface area contributed by atoms with Crippen molar-refractivity contribution in [3.8, 4) is 0 Å². The van der Waals surface area contributed by atoms with Gasteiger partial charge in [0.15, 0.2) is 0 Å². The van der Waals surface area contributed by atoms with Crippen LogP contribution < -0.4 is 0 Å². The van der Waals surface area contributed by atoms with Gasteiger partial charge in [-0.05, 0) is 29.7 Å². The molecule has 0 saturated heterocycles. The van der Waals surface area contributed by atoms with E-state index in [4.69, 9.17) is 5.11 Å². The van der Waals surface area contributed by atoms with Crippen molar-refractivity contribution in [3.63, 3.8) is 0 Å². The Bertz CT molecular complexity index is 287. The van der Waals surface area contributed by atoms with Crippen molar-refractivity contribution in [2.75, 3.05) is 6.61 Å². The molecule has 13 heavy (non-hydrogen) atoms. The standard InChI is InChI=1S/C11H13BrO/c1-2-9(7-8-13)10-3-5-11(12)6-4-10/h3-7,13H,2,8H2,1H3/b9-7-. The van der Waals surface area contributed by atoms with E-state index in [2.05, 4.69) is 35.0 Å². The Balaban J connectivity index is 2.92. The molecule has 0 radical (unpaired) electrons. The van der Waals surface area contributed by atoms with E-state index in [1.807, 2.05) is 18.2 Å². The first-order valence-electron chi connectivity index (χ1n) is 4.33. The van der Waals surface area contributed by atoms with Crippen molar-refractivity contribution < 1.29 is 5.11 Å². The van der Waals surface area contributed by atoms with Crippen molar-refractivity contribution in [1.29, 1.82) is 0 Å². The topological polar surface area (TPSA) is 20.2 Å². The third-order valence-corrected chi connectivity index (χ3v) is 2.46. The summed E-state index contributed by atoms with van der Waals surface area (Å²) in [6.45, 7) is 2.20. The van der Waals surface area contributed by atoms with Crippen LogP contribution in [0, 0.1) is 0 Å². The number of halogens is 1. The van der Waals surface area contributed by atoms with E-state index < -0.39 is 0 Å². The summed E-state index contributed by atoms with van der Waals surface area (Å²) in [5, 5.41) is 8.80. The highest BCUT2D eigenvalue weighted by molar-refractivity contribution is 9.10. The van der Waals surface area contributed by atoms with Crippen LogP contribution in [-0.4, -0.2) is 11.7 Å². The minimum atomic E-state index is 0.110. The minimum Gasteiger partial charge on any atom is -0.392 e. The SMILES string of the molecule is CC/C(=C/CO)c1ccc(Br)cc1. The Labute approximate surface area is 87.2 Å². The van der Waals surface area contributed by atoms with Crippen molar-refractivity contribution in [1.82, 2.24) is 0 Å². The Morgan fingerprint density at radius 1 is 1.38 bits per heavy atom. The lowest BCUT2D eigenvalue weighted by Crippen LogP contribution is -1.85. The molecule has 1 N–H and O–H groups in total. The van der Waals surface area contributed by atoms with Crippen LogP contribution >= 0.6 is 15.9 Å². The van der Waals surface area contributed by atoms with Crippen LogP contribution in [0.25, 0.3) is 5.57 Å². The lowest BCUT2D eigenvalue weighted by Gasteiger charge is -2.04. The second-order valence-corrected chi connectivity index (χ2v) is 3.69. The molecule has 70 valence electrons. The van der Waals surface area contributed by atoms with Gasteiger partial charge in [0.1, 0.15) is 0 Å². The Morgan fingerprint density at radius 3 is 2.46 bits per heavy atom. The first kappa shape index (κ1) is 10.5. The molecule has 2 heteroatoms. The summed E-state index contributed by atoms with van der Waals surface area (Å²) in [5.41, 5.74) is 2.37. The van der Waals surface area contributed by atoms with E-state index in [1.165, 1.54) is 11.1 Å². The molecular formula is C11H13BrO. The largest absolute Gasteiger partial charge is 0.392 e. The van der Waals surface area contributed by atoms with Crippen LogP contribution in [0.15, 0.2) is 34.8 Å². The van der Waals surface area contributed by atoms with Gasteiger partial charge >= 0.3 is 0 Å². The second-order valence-electron chi connectivity index (χ2n) is 2.77. The summed E-state index contributed by atoms with van der Waals surface area (Å²) in [6.07, 6.45) is 2.80. The summed E-state index contributed by atoms with van der Waals surface area (Å²) in [7, 11) is 0. The number of allylic oxidation sites excluding steroid dienone is 1. The molecule has 0 bridgehead atoms. The highest BCUT2D eigenvalue weighted by Crippen LogP contribution is 2.19. The van der Waals surface area contributed by atoms with Crippen molar-refractivity contribution in [2.45, 2.75) is 13.3 Å². The smallest absolute Gasteiger partial charge is 0.0618 e. The molecule has 0 atom stereocenters. The molecule has 0 aliphatic heterocycles. The Hall–Kier alpha value is -0.600. The summed E-state index contributed by atoms with van der Waals surface area (Å²) >= 11 is 3.39. The average molecular weight is 241 g/mol. The zero-order chi connectivity index (χ0) is 9.68. The molecule has 0 aliphatic rings. The Kier molecular flexibility index (Phi) is 4.19. The van der Waals surface area contributed by atoms with Gasteiger partial charge < -0.3 is 5.11 Å². The number of aliphatic hydroxyl groups is 1. The number of benzene rings is 1. The fourth-order valence-corrected chi connectivity index (χ4v) is 1.50. The molecule has 0 fully saturated rings. The quantitative estimate of drug-likeness (QED) is 0.861. The maximum absolute atomic E-state index is 8.80. The van der Waals surface area contributed by atoms with Gasteiger partial charge in [0.05, 0.1) is 6.61 Å². The average Bonchev–Trinajstić information content (AvgIpc) is 2.16. The van der Waals surface area contributed by atoms with Gasteiger partial charge in [0.25, 0.3) is 0 Å². The molecule has 1 aromatic carbocycles. The summed E-state index contributed by atoms with van der Waals surface area (Å²) in [4.78, 5) is 0. The van der Waals surface area contributed by atoms with Gasteiger partial charge in [-0.1, -0.05) is 41.1 Å². The first-order valence-corrected chi connectivity index (χ1v) is 5.13. The third-order valence-electron chi connectivity index (χ3n) is 1.93. The third kappa shape index (κ3) is 2.98. The van der Waals surface area contributed by atoms with Crippen molar-refractivity contribution in [2.24, 2.45) is 0 Å². The van der Waals surface area contributed by atoms with E-state index in [1.54, 1.807) is 0 Å². The minimum absolute atomic E-state index is 0.110. The van der Waals surface area contributed by atoms with E-state index in [0.717, 1.165) is 10.9 Å². The molecule has 0 unspecified atom stereocenters. The summed E-state index contributed by atoms with van der Waals surface area (Å²) in [5.74, 6) is 0. The number of rotatable bonds is 3. The molecule has 0 saturated carbocycles. The Morgan fingerprint density at radius 2 is 2.00 bits per heavy atom. The molecule has 0 aliphatic carbocycles. The molecule has 1 nitrogen and oxygen atoms in total. The predicted octanol–water partition coefficient (Wildman–Crippen LogP) is 3.23. The monoisotopic (exact) mass is 240 g/mol. The van der Waals surface area contributed by atoms with Crippen LogP contribution in [0.1, 0.15) is 18.9 Å². The van der Waals surface area contributed by atoms with Gasteiger partial charge in [-0.25, -0.2) is 0 Å². The van der Waals surface area contributed by atoms with E-state index in [0.29, 0.717) is 0 Å². The predicted molar refractivity (Wildman–Crippen MR) is 59.5 cm³/mol. The van der Waals surface area contributed by atoms with Crippen LogP contribution in [-0.2, 0) is 0 Å². The van der Waals surface area contributed by atoms with E-state index >= 15 is 0 Å². The molecular weight excluding hydrogens is 228 g/mol. The summed E-state index contributed by atoms with van der Waals surface area (Å²) < 4.78 is 1.08. The molecule has 0 aromatic heterocycles. The van der Waals surface area contributed by atoms with Crippen LogP contribution in [0.5, 0.6) is 0 Å². The van der Waals surface area contributed by atoms with Crippen molar-refractivity contribution in [3.05, 3.63) is 40.4 Å². The van der Waals surface area contributed by atoms with Gasteiger partial charge in [-0.15, -0.1) is 0 Å². The normalized spacial score (nSPS) is 11.8. The zero-order valence-electron chi connectivity index (χ0n) is 7.63. The summed E-state index contributed by atoms with van der Waals surface area (Å²) in [6, 6.07) is 8.12. The number of hydrogen-bond acceptors (Lipinski definition) is 1. The zero-order valence-corrected chi connectivity index (χ0v) is 9.21. The lowest BCUT2D eigenvalue weighted by atomic mass is 10.0. The van der Waals surface area contributed by atoms with Gasteiger partial charge in [-0.3, -0.25) is 0 Å². The lowest BCUT2D eigenvalue weighted by molar-refractivity contribution is 0.343. The molecule has 0 amide bonds. The van der Waals surface area contributed by atoms with Gasteiger partial charge in [-0.2, -0.15) is 0 Å². The molecule has 0 spiro atoms. The van der Waals surface area contributed by atoms with Crippen LogP contribution in [0.3, 0.4) is 0 Å². The highest BCUT2D eigenvalue weighted by atomic mass is 79.9. The fraction of sp³-hybridized carbons (Fsp3) is 0.273.